The molecule has 0 spiro atoms. The second kappa shape index (κ2) is 13.0. The minimum Gasteiger partial charge on any atom is -0.356 e. The molecule has 0 radical (unpaired) electrons. The molecule has 176 valence electrons. The summed E-state index contributed by atoms with van der Waals surface area (Å²) in [7, 11) is 4.01. The molecule has 1 aromatic carbocycles. The van der Waals surface area contributed by atoms with Gasteiger partial charge in [-0.1, -0.05) is 50.2 Å². The monoisotopic (exact) mass is 550 g/mol. The fraction of sp³-hybridized carbons (Fsp3) is 0.520. The number of nitrogens with zero attached hydrogens (tertiary/aromatic N) is 4. The van der Waals surface area contributed by atoms with E-state index >= 15 is 0 Å². The van der Waals surface area contributed by atoms with Crippen molar-refractivity contribution in [2.45, 2.75) is 38.6 Å². The third-order valence-electron chi connectivity index (χ3n) is 6.67. The van der Waals surface area contributed by atoms with Gasteiger partial charge in [0.05, 0.1) is 0 Å². The maximum atomic E-state index is 4.69. The molecule has 6 nitrogen and oxygen atoms in total. The fourth-order valence-corrected chi connectivity index (χ4v) is 4.33. The number of nitrogens with one attached hydrogen (secondary N) is 2. The van der Waals surface area contributed by atoms with Crippen molar-refractivity contribution in [2.24, 2.45) is 4.99 Å². The smallest absolute Gasteiger partial charge is 0.191 e. The fourth-order valence-electron chi connectivity index (χ4n) is 4.33. The maximum Gasteiger partial charge on any atom is 0.191 e. The summed E-state index contributed by atoms with van der Waals surface area (Å²) in [6, 6.07) is 15.0. The molecule has 1 aliphatic heterocycles. The highest BCUT2D eigenvalue weighted by Gasteiger charge is 2.28. The van der Waals surface area contributed by atoms with Gasteiger partial charge < -0.3 is 20.4 Å². The number of hydrogen-bond acceptors (Lipinski definition) is 4. The summed E-state index contributed by atoms with van der Waals surface area (Å²) in [6.45, 7) is 10.3. The number of likely N-dealkylation sites (N-methyl/N-ethyl adjacent to an activating group) is 1. The van der Waals surface area contributed by atoms with Crippen LogP contribution in [-0.4, -0.2) is 62.7 Å². The van der Waals surface area contributed by atoms with Crippen molar-refractivity contribution in [3.05, 3.63) is 59.8 Å². The molecule has 1 fully saturated rings. The summed E-state index contributed by atoms with van der Waals surface area (Å²) >= 11 is 0. The lowest BCUT2D eigenvalue weighted by atomic mass is 9.76. The quantitative estimate of drug-likeness (QED) is 0.297. The number of guanidine groups is 1. The summed E-state index contributed by atoms with van der Waals surface area (Å²) in [4.78, 5) is 13.9. The number of rotatable bonds is 8. The number of aromatic nitrogens is 1. The van der Waals surface area contributed by atoms with Gasteiger partial charge in [0, 0.05) is 63.5 Å². The zero-order valence-corrected chi connectivity index (χ0v) is 22.3. The standard InChI is InChI=1S/C25H38N6.HI/c1-5-25(6-2,22-12-8-7-9-13-22)20-29-24(26-3)28-19-21-11-10-14-27-23(21)31-17-15-30(4)16-18-31;/h7-14H,5-6,15-20H2,1-4H3,(H2,26,28,29);1H. The van der Waals surface area contributed by atoms with Crippen LogP contribution in [0.5, 0.6) is 0 Å². The Morgan fingerprint density at radius 1 is 1.00 bits per heavy atom. The summed E-state index contributed by atoms with van der Waals surface area (Å²) in [5.74, 6) is 1.91. The van der Waals surface area contributed by atoms with Crippen LogP contribution in [0.1, 0.15) is 37.8 Å². The predicted octanol–water partition coefficient (Wildman–Crippen LogP) is 3.87. The molecule has 0 bridgehead atoms. The van der Waals surface area contributed by atoms with Crippen LogP contribution in [0.2, 0.25) is 0 Å². The number of pyridine rings is 1. The van der Waals surface area contributed by atoms with Crippen LogP contribution < -0.4 is 15.5 Å². The SMILES string of the molecule is CCC(CC)(CNC(=NC)NCc1cccnc1N1CCN(C)CC1)c1ccccc1.I. The van der Waals surface area contributed by atoms with E-state index in [4.69, 9.17) is 0 Å². The first-order chi connectivity index (χ1) is 15.1. The lowest BCUT2D eigenvalue weighted by Gasteiger charge is -2.34. The molecule has 32 heavy (non-hydrogen) atoms. The second-order valence-electron chi connectivity index (χ2n) is 8.41. The number of benzene rings is 1. The summed E-state index contributed by atoms with van der Waals surface area (Å²) in [5.41, 5.74) is 2.68. The van der Waals surface area contributed by atoms with E-state index in [-0.39, 0.29) is 29.4 Å². The van der Waals surface area contributed by atoms with Crippen molar-refractivity contribution in [3.63, 3.8) is 0 Å². The highest BCUT2D eigenvalue weighted by Crippen LogP contribution is 2.30. The van der Waals surface area contributed by atoms with E-state index in [9.17, 15) is 0 Å². The number of halogens is 1. The summed E-state index contributed by atoms with van der Waals surface area (Å²) in [5, 5.41) is 7.09. The Balaban J connectivity index is 0.00000363. The van der Waals surface area contributed by atoms with E-state index in [1.807, 2.05) is 19.3 Å². The molecule has 1 aromatic heterocycles. The van der Waals surface area contributed by atoms with Crippen LogP contribution in [-0.2, 0) is 12.0 Å². The summed E-state index contributed by atoms with van der Waals surface area (Å²) < 4.78 is 0. The molecule has 0 saturated carbocycles. The van der Waals surface area contributed by atoms with E-state index < -0.39 is 0 Å². The highest BCUT2D eigenvalue weighted by atomic mass is 127. The first kappa shape index (κ1) is 26.4. The predicted molar refractivity (Wildman–Crippen MR) is 146 cm³/mol. The molecule has 2 N–H and O–H groups in total. The normalized spacial score (nSPS) is 15.2. The maximum absolute atomic E-state index is 4.69. The number of hydrogen-bond donors (Lipinski definition) is 2. The van der Waals surface area contributed by atoms with Crippen molar-refractivity contribution in [1.29, 1.82) is 0 Å². The molecule has 7 heteroatoms. The number of aliphatic imine (C=N–C) groups is 1. The Morgan fingerprint density at radius 3 is 2.31 bits per heavy atom. The lowest BCUT2D eigenvalue weighted by molar-refractivity contribution is 0.312. The molecule has 2 aromatic rings. The molecule has 1 aliphatic rings. The third-order valence-corrected chi connectivity index (χ3v) is 6.67. The lowest BCUT2D eigenvalue weighted by Crippen LogP contribution is -2.46. The molecule has 1 saturated heterocycles. The Bertz CT molecular complexity index is 829. The van der Waals surface area contributed by atoms with Crippen LogP contribution in [0.15, 0.2) is 53.7 Å². The first-order valence-electron chi connectivity index (χ1n) is 11.5. The van der Waals surface area contributed by atoms with Gasteiger partial charge in [-0.15, -0.1) is 24.0 Å². The minimum absolute atomic E-state index is 0. The van der Waals surface area contributed by atoms with Gasteiger partial charge in [0.1, 0.15) is 5.82 Å². The van der Waals surface area contributed by atoms with Crippen molar-refractivity contribution >= 4 is 35.8 Å². The Labute approximate surface area is 210 Å². The van der Waals surface area contributed by atoms with Gasteiger partial charge in [-0.3, -0.25) is 4.99 Å². The molecule has 0 atom stereocenters. The van der Waals surface area contributed by atoms with Crippen molar-refractivity contribution < 1.29 is 0 Å². The van der Waals surface area contributed by atoms with Crippen LogP contribution >= 0.6 is 24.0 Å². The van der Waals surface area contributed by atoms with Crippen LogP contribution in [0.25, 0.3) is 0 Å². The highest BCUT2D eigenvalue weighted by molar-refractivity contribution is 14.0. The molecule has 2 heterocycles. The van der Waals surface area contributed by atoms with Gasteiger partial charge in [0.25, 0.3) is 0 Å². The number of piperazine rings is 1. The zero-order valence-electron chi connectivity index (χ0n) is 20.0. The average Bonchev–Trinajstić information content (AvgIpc) is 2.83. The molecule has 3 rings (SSSR count). The third kappa shape index (κ3) is 6.57. The minimum atomic E-state index is 0. The Kier molecular flexibility index (Phi) is 10.7. The van der Waals surface area contributed by atoms with E-state index in [0.29, 0.717) is 6.54 Å². The van der Waals surface area contributed by atoms with Gasteiger partial charge >= 0.3 is 0 Å². The van der Waals surface area contributed by atoms with Gasteiger partial charge in [-0.2, -0.15) is 0 Å². The van der Waals surface area contributed by atoms with Crippen LogP contribution in [0, 0.1) is 0 Å². The average molecular weight is 551 g/mol. The number of anilines is 1. The van der Waals surface area contributed by atoms with Gasteiger partial charge in [-0.05, 0) is 31.5 Å². The Morgan fingerprint density at radius 2 is 1.69 bits per heavy atom. The van der Waals surface area contributed by atoms with Crippen molar-refractivity contribution in [2.75, 3.05) is 51.7 Å². The second-order valence-corrected chi connectivity index (χ2v) is 8.41. The van der Waals surface area contributed by atoms with Gasteiger partial charge in [0.2, 0.25) is 0 Å². The first-order valence-corrected chi connectivity index (χ1v) is 11.5. The van der Waals surface area contributed by atoms with Gasteiger partial charge in [-0.25, -0.2) is 4.98 Å². The van der Waals surface area contributed by atoms with Crippen LogP contribution in [0.3, 0.4) is 0 Å². The molecule has 0 amide bonds. The van der Waals surface area contributed by atoms with Crippen molar-refractivity contribution in [1.82, 2.24) is 20.5 Å². The van der Waals surface area contributed by atoms with E-state index in [1.165, 1.54) is 11.1 Å². The molecule has 0 unspecified atom stereocenters. The Hall–Kier alpha value is -1.87. The zero-order chi connectivity index (χ0) is 22.1. The topological polar surface area (TPSA) is 55.8 Å². The van der Waals surface area contributed by atoms with Gasteiger partial charge in [0.15, 0.2) is 5.96 Å². The van der Waals surface area contributed by atoms with E-state index in [1.54, 1.807) is 0 Å². The molecular weight excluding hydrogens is 511 g/mol. The molecular formula is C25H39IN6. The molecule has 0 aliphatic carbocycles. The van der Waals surface area contributed by atoms with Crippen LogP contribution in [0.4, 0.5) is 5.82 Å². The largest absolute Gasteiger partial charge is 0.356 e. The van der Waals surface area contributed by atoms with E-state index in [0.717, 1.165) is 57.3 Å². The summed E-state index contributed by atoms with van der Waals surface area (Å²) in [6.07, 6.45) is 4.04. The van der Waals surface area contributed by atoms with Crippen molar-refractivity contribution in [3.8, 4) is 0 Å². The van der Waals surface area contributed by atoms with E-state index in [2.05, 4.69) is 87.7 Å².